The van der Waals surface area contributed by atoms with E-state index in [9.17, 15) is 9.59 Å². The maximum absolute atomic E-state index is 12.0. The first-order valence-electron chi connectivity index (χ1n) is 6.51. The molecule has 102 valence electrons. The molecule has 0 atom stereocenters. The van der Waals surface area contributed by atoms with Crippen molar-refractivity contribution in [2.75, 3.05) is 0 Å². The van der Waals surface area contributed by atoms with Gasteiger partial charge in [0.2, 0.25) is 5.78 Å². The molecule has 0 aliphatic rings. The highest BCUT2D eigenvalue weighted by Gasteiger charge is 2.16. The van der Waals surface area contributed by atoms with Gasteiger partial charge in [-0.05, 0) is 36.6 Å². The summed E-state index contributed by atoms with van der Waals surface area (Å²) in [4.78, 5) is 23.9. The Bertz CT molecular complexity index is 633. The number of rotatable bonds is 4. The van der Waals surface area contributed by atoms with Gasteiger partial charge in [0.25, 0.3) is 5.91 Å². The van der Waals surface area contributed by atoms with Gasteiger partial charge >= 0.3 is 0 Å². The van der Waals surface area contributed by atoms with E-state index in [-0.39, 0.29) is 0 Å². The van der Waals surface area contributed by atoms with E-state index in [1.165, 1.54) is 0 Å². The van der Waals surface area contributed by atoms with Gasteiger partial charge in [0.1, 0.15) is 0 Å². The molecule has 0 aliphatic heterocycles. The number of aryl methyl sites for hydroxylation is 2. The van der Waals surface area contributed by atoms with Gasteiger partial charge in [-0.2, -0.15) is 0 Å². The molecule has 2 rings (SSSR count). The second-order valence-electron chi connectivity index (χ2n) is 4.80. The van der Waals surface area contributed by atoms with E-state index in [0.29, 0.717) is 12.1 Å². The van der Waals surface area contributed by atoms with Crippen molar-refractivity contribution < 1.29 is 9.59 Å². The number of hydrogen-bond acceptors (Lipinski definition) is 2. The maximum atomic E-state index is 12.0. The summed E-state index contributed by atoms with van der Waals surface area (Å²) in [6, 6.07) is 14.8. The molecule has 1 N–H and O–H groups in total. The van der Waals surface area contributed by atoms with Crippen molar-refractivity contribution >= 4 is 11.7 Å². The molecule has 3 heteroatoms. The summed E-state index contributed by atoms with van der Waals surface area (Å²) in [5.74, 6) is -1.07. The molecule has 2 aromatic rings. The standard InChI is InChI=1S/C17H17NO2/c1-12-8-9-15(10-13(12)2)16(19)17(20)18-11-14-6-4-3-5-7-14/h3-10H,11H2,1-2H3,(H,18,20). The number of carbonyl (C=O) groups is 2. The number of amides is 1. The lowest BCUT2D eigenvalue weighted by Crippen LogP contribution is -2.30. The van der Waals surface area contributed by atoms with Crippen molar-refractivity contribution in [2.45, 2.75) is 20.4 Å². The quantitative estimate of drug-likeness (QED) is 0.684. The molecule has 0 heterocycles. The van der Waals surface area contributed by atoms with Crippen molar-refractivity contribution in [3.63, 3.8) is 0 Å². The fourth-order valence-corrected chi connectivity index (χ4v) is 1.87. The molecule has 2 aromatic carbocycles. The van der Waals surface area contributed by atoms with Crippen molar-refractivity contribution in [1.29, 1.82) is 0 Å². The first-order chi connectivity index (χ1) is 9.58. The highest BCUT2D eigenvalue weighted by Crippen LogP contribution is 2.10. The highest BCUT2D eigenvalue weighted by molar-refractivity contribution is 6.42. The molecule has 0 radical (unpaired) electrons. The molecule has 3 nitrogen and oxygen atoms in total. The first-order valence-corrected chi connectivity index (χ1v) is 6.51. The van der Waals surface area contributed by atoms with Crippen LogP contribution >= 0.6 is 0 Å². The van der Waals surface area contributed by atoms with Crippen LogP contribution in [0.15, 0.2) is 48.5 Å². The Morgan fingerprint density at radius 3 is 2.30 bits per heavy atom. The van der Waals surface area contributed by atoms with Crippen molar-refractivity contribution in [3.05, 3.63) is 70.8 Å². The smallest absolute Gasteiger partial charge is 0.292 e. The fraction of sp³-hybridized carbons (Fsp3) is 0.176. The first kappa shape index (κ1) is 14.0. The van der Waals surface area contributed by atoms with Crippen LogP contribution in [0, 0.1) is 13.8 Å². The average Bonchev–Trinajstić information content (AvgIpc) is 2.48. The summed E-state index contributed by atoms with van der Waals surface area (Å²) >= 11 is 0. The van der Waals surface area contributed by atoms with Crippen LogP contribution in [-0.4, -0.2) is 11.7 Å². The lowest BCUT2D eigenvalue weighted by Gasteiger charge is -2.06. The Morgan fingerprint density at radius 2 is 1.65 bits per heavy atom. The second-order valence-corrected chi connectivity index (χ2v) is 4.80. The van der Waals surface area contributed by atoms with Crippen LogP contribution in [0.1, 0.15) is 27.0 Å². The molecule has 20 heavy (non-hydrogen) atoms. The largest absolute Gasteiger partial charge is 0.345 e. The number of benzene rings is 2. The Kier molecular flexibility index (Phi) is 4.31. The third-order valence-electron chi connectivity index (χ3n) is 3.27. The zero-order valence-electron chi connectivity index (χ0n) is 11.6. The van der Waals surface area contributed by atoms with Crippen LogP contribution in [0.4, 0.5) is 0 Å². The Morgan fingerprint density at radius 1 is 0.950 bits per heavy atom. The van der Waals surface area contributed by atoms with Gasteiger partial charge in [0.05, 0.1) is 0 Å². The maximum Gasteiger partial charge on any atom is 0.292 e. The Hall–Kier alpha value is -2.42. The molecule has 0 spiro atoms. The van der Waals surface area contributed by atoms with E-state index in [0.717, 1.165) is 16.7 Å². The summed E-state index contributed by atoms with van der Waals surface area (Å²) in [5.41, 5.74) is 3.50. The summed E-state index contributed by atoms with van der Waals surface area (Å²) < 4.78 is 0. The van der Waals surface area contributed by atoms with E-state index in [2.05, 4.69) is 5.32 Å². The molecule has 1 amide bonds. The zero-order chi connectivity index (χ0) is 14.5. The third kappa shape index (κ3) is 3.32. The molecular weight excluding hydrogens is 250 g/mol. The van der Waals surface area contributed by atoms with Gasteiger partial charge in [0, 0.05) is 12.1 Å². The van der Waals surface area contributed by atoms with Gasteiger partial charge in [-0.1, -0.05) is 42.5 Å². The van der Waals surface area contributed by atoms with Crippen LogP contribution < -0.4 is 5.32 Å². The van der Waals surface area contributed by atoms with Gasteiger partial charge in [0.15, 0.2) is 0 Å². The van der Waals surface area contributed by atoms with Crippen molar-refractivity contribution in [1.82, 2.24) is 5.32 Å². The van der Waals surface area contributed by atoms with E-state index in [1.807, 2.05) is 50.2 Å². The molecule has 0 fully saturated rings. The number of Topliss-reactive ketones (excluding diaryl/α,β-unsaturated/α-hetero) is 1. The molecule has 0 bridgehead atoms. The number of ketones is 1. The number of hydrogen-bond donors (Lipinski definition) is 1. The summed E-state index contributed by atoms with van der Waals surface area (Å²) in [6.45, 7) is 4.25. The predicted octanol–water partition coefficient (Wildman–Crippen LogP) is 2.80. The monoisotopic (exact) mass is 267 g/mol. The predicted molar refractivity (Wildman–Crippen MR) is 78.5 cm³/mol. The van der Waals surface area contributed by atoms with E-state index in [4.69, 9.17) is 0 Å². The van der Waals surface area contributed by atoms with Gasteiger partial charge in [-0.3, -0.25) is 9.59 Å². The molecule has 0 unspecified atom stereocenters. The molecule has 0 saturated heterocycles. The lowest BCUT2D eigenvalue weighted by atomic mass is 10.0. The zero-order valence-corrected chi connectivity index (χ0v) is 11.6. The average molecular weight is 267 g/mol. The second kappa shape index (κ2) is 6.15. The van der Waals surface area contributed by atoms with Crippen LogP contribution in [-0.2, 0) is 11.3 Å². The fourth-order valence-electron chi connectivity index (χ4n) is 1.87. The normalized spacial score (nSPS) is 10.1. The Balaban J connectivity index is 2.02. The number of nitrogens with one attached hydrogen (secondary N) is 1. The van der Waals surface area contributed by atoms with Gasteiger partial charge in [-0.25, -0.2) is 0 Å². The van der Waals surface area contributed by atoms with Crippen LogP contribution in [0.3, 0.4) is 0 Å². The van der Waals surface area contributed by atoms with Crippen LogP contribution in [0.2, 0.25) is 0 Å². The van der Waals surface area contributed by atoms with Crippen LogP contribution in [0.5, 0.6) is 0 Å². The van der Waals surface area contributed by atoms with E-state index >= 15 is 0 Å². The van der Waals surface area contributed by atoms with Crippen molar-refractivity contribution in [2.24, 2.45) is 0 Å². The Labute approximate surface area is 118 Å². The lowest BCUT2D eigenvalue weighted by molar-refractivity contribution is -0.117. The molecule has 0 saturated carbocycles. The minimum atomic E-state index is -0.572. The molecular formula is C17H17NO2. The summed E-state index contributed by atoms with van der Waals surface area (Å²) in [6.07, 6.45) is 0. The number of carbonyl (C=O) groups excluding carboxylic acids is 2. The minimum absolute atomic E-state index is 0.357. The summed E-state index contributed by atoms with van der Waals surface area (Å²) in [7, 11) is 0. The highest BCUT2D eigenvalue weighted by atomic mass is 16.2. The summed E-state index contributed by atoms with van der Waals surface area (Å²) in [5, 5.41) is 2.64. The third-order valence-corrected chi connectivity index (χ3v) is 3.27. The van der Waals surface area contributed by atoms with E-state index < -0.39 is 11.7 Å². The molecule has 0 aromatic heterocycles. The van der Waals surface area contributed by atoms with Gasteiger partial charge < -0.3 is 5.32 Å². The van der Waals surface area contributed by atoms with E-state index in [1.54, 1.807) is 12.1 Å². The van der Waals surface area contributed by atoms with Crippen molar-refractivity contribution in [3.8, 4) is 0 Å². The molecule has 0 aliphatic carbocycles. The van der Waals surface area contributed by atoms with Gasteiger partial charge in [-0.15, -0.1) is 0 Å². The minimum Gasteiger partial charge on any atom is -0.345 e. The SMILES string of the molecule is Cc1ccc(C(=O)C(=O)NCc2ccccc2)cc1C. The topological polar surface area (TPSA) is 46.2 Å². The van der Waals surface area contributed by atoms with Crippen LogP contribution in [0.25, 0.3) is 0 Å².